The maximum Gasteiger partial charge on any atom is 0.339 e. The molecule has 0 N–H and O–H groups in total. The minimum Gasteiger partial charge on any atom is -0.452 e. The summed E-state index contributed by atoms with van der Waals surface area (Å²) in [6.45, 7) is 0.994. The third-order valence-electron chi connectivity index (χ3n) is 6.18. The molecule has 5 heteroatoms. The van der Waals surface area contributed by atoms with Gasteiger partial charge in [-0.15, -0.1) is 0 Å². The average molecular weight is 400 g/mol. The molecule has 1 aliphatic heterocycles. The summed E-state index contributed by atoms with van der Waals surface area (Å²) in [5, 5.41) is 0.808. The number of aromatic nitrogens is 1. The molecule has 2 aliphatic rings. The van der Waals surface area contributed by atoms with Crippen molar-refractivity contribution < 1.29 is 14.3 Å². The second-order valence-electron chi connectivity index (χ2n) is 8.05. The Morgan fingerprint density at radius 3 is 2.60 bits per heavy atom. The van der Waals surface area contributed by atoms with E-state index in [0.717, 1.165) is 59.8 Å². The van der Waals surface area contributed by atoms with Gasteiger partial charge in [0.25, 0.3) is 5.91 Å². The van der Waals surface area contributed by atoms with Crippen molar-refractivity contribution in [2.24, 2.45) is 0 Å². The smallest absolute Gasteiger partial charge is 0.339 e. The highest BCUT2D eigenvalue weighted by molar-refractivity contribution is 6.05. The number of amides is 1. The molecule has 0 spiro atoms. The van der Waals surface area contributed by atoms with Crippen molar-refractivity contribution >= 4 is 22.8 Å². The summed E-state index contributed by atoms with van der Waals surface area (Å²) in [6, 6.07) is 15.9. The van der Waals surface area contributed by atoms with Gasteiger partial charge in [0, 0.05) is 24.2 Å². The van der Waals surface area contributed by atoms with Crippen molar-refractivity contribution in [1.29, 1.82) is 0 Å². The molecule has 0 saturated carbocycles. The zero-order valence-electron chi connectivity index (χ0n) is 16.9. The van der Waals surface area contributed by atoms with Crippen LogP contribution >= 0.6 is 0 Å². The predicted octanol–water partition coefficient (Wildman–Crippen LogP) is 3.86. The Balaban J connectivity index is 1.35. The normalized spacial score (nSPS) is 15.4. The second kappa shape index (κ2) is 7.90. The van der Waals surface area contributed by atoms with E-state index in [1.165, 1.54) is 5.56 Å². The number of ether oxygens (including phenoxy) is 1. The first kappa shape index (κ1) is 18.8. The van der Waals surface area contributed by atoms with E-state index in [1.54, 1.807) is 4.90 Å². The van der Waals surface area contributed by atoms with Crippen LogP contribution in [0.5, 0.6) is 0 Å². The number of rotatable bonds is 3. The fourth-order valence-corrected chi connectivity index (χ4v) is 4.61. The summed E-state index contributed by atoms with van der Waals surface area (Å²) in [7, 11) is 0. The van der Waals surface area contributed by atoms with Crippen molar-refractivity contribution in [1.82, 2.24) is 9.88 Å². The molecule has 1 aliphatic carbocycles. The van der Waals surface area contributed by atoms with Gasteiger partial charge < -0.3 is 9.64 Å². The van der Waals surface area contributed by atoms with Gasteiger partial charge in [-0.25, -0.2) is 4.79 Å². The van der Waals surface area contributed by atoms with E-state index < -0.39 is 5.97 Å². The highest BCUT2D eigenvalue weighted by Gasteiger charge is 2.26. The average Bonchev–Trinajstić information content (AvgIpc) is 2.80. The molecule has 1 aromatic heterocycles. The fraction of sp³-hybridized carbons (Fsp3) is 0.320. The highest BCUT2D eigenvalue weighted by atomic mass is 16.5. The molecule has 0 atom stereocenters. The summed E-state index contributed by atoms with van der Waals surface area (Å²) in [4.78, 5) is 32.4. The lowest BCUT2D eigenvalue weighted by molar-refractivity contribution is -0.135. The Kier molecular flexibility index (Phi) is 4.95. The number of pyridine rings is 1. The number of fused-ring (bicyclic) bond motifs is 3. The molecule has 0 unspecified atom stereocenters. The molecule has 0 fully saturated rings. The second-order valence-corrected chi connectivity index (χ2v) is 8.05. The summed E-state index contributed by atoms with van der Waals surface area (Å²) < 4.78 is 5.55. The molecular formula is C25H24N2O3. The van der Waals surface area contributed by atoms with Crippen molar-refractivity contribution in [3.8, 4) is 0 Å². The standard InChI is InChI=1S/C25H24N2O3/c28-23(27-14-13-17-7-1-2-8-18(17)15-27)16-30-25(29)24-19-9-3-5-11-21(19)26-22-12-6-4-10-20(22)24/h1-3,5,7-9,11H,4,6,10,12-16H2. The number of carbonyl (C=O) groups is 2. The van der Waals surface area contributed by atoms with E-state index in [0.29, 0.717) is 18.7 Å². The molecule has 2 heterocycles. The fourth-order valence-electron chi connectivity index (χ4n) is 4.61. The summed E-state index contributed by atoms with van der Waals surface area (Å²) in [6.07, 6.45) is 4.67. The first-order chi connectivity index (χ1) is 14.7. The molecule has 152 valence electrons. The Bertz CT molecular complexity index is 1140. The number of para-hydroxylation sites is 1. The van der Waals surface area contributed by atoms with Gasteiger partial charge in [0.1, 0.15) is 0 Å². The number of carbonyl (C=O) groups excluding carboxylic acids is 2. The van der Waals surface area contributed by atoms with E-state index in [1.807, 2.05) is 36.4 Å². The quantitative estimate of drug-likeness (QED) is 0.627. The third-order valence-corrected chi connectivity index (χ3v) is 6.18. The molecule has 0 saturated heterocycles. The van der Waals surface area contributed by atoms with Crippen molar-refractivity contribution in [3.63, 3.8) is 0 Å². The molecule has 2 aromatic carbocycles. The van der Waals surface area contributed by atoms with Crippen LogP contribution in [0.3, 0.4) is 0 Å². The number of nitrogens with zero attached hydrogens (tertiary/aromatic N) is 2. The first-order valence-corrected chi connectivity index (χ1v) is 10.6. The summed E-state index contributed by atoms with van der Waals surface area (Å²) in [5.74, 6) is -0.567. The van der Waals surface area contributed by atoms with E-state index in [9.17, 15) is 9.59 Å². The topological polar surface area (TPSA) is 59.5 Å². The highest BCUT2D eigenvalue weighted by Crippen LogP contribution is 2.30. The van der Waals surface area contributed by atoms with Gasteiger partial charge in [0.05, 0.1) is 11.1 Å². The predicted molar refractivity (Wildman–Crippen MR) is 114 cm³/mol. The van der Waals surface area contributed by atoms with E-state index >= 15 is 0 Å². The molecule has 0 bridgehead atoms. The lowest BCUT2D eigenvalue weighted by Crippen LogP contribution is -2.38. The minimum atomic E-state index is -0.419. The monoisotopic (exact) mass is 400 g/mol. The van der Waals surface area contributed by atoms with Crippen molar-refractivity contribution in [2.75, 3.05) is 13.2 Å². The number of hydrogen-bond acceptors (Lipinski definition) is 4. The Labute approximate surface area is 175 Å². The van der Waals surface area contributed by atoms with Crippen LogP contribution in [0.2, 0.25) is 0 Å². The van der Waals surface area contributed by atoms with E-state index in [2.05, 4.69) is 12.1 Å². The molecule has 5 rings (SSSR count). The number of esters is 1. The molecule has 30 heavy (non-hydrogen) atoms. The number of aryl methyl sites for hydroxylation is 1. The van der Waals surface area contributed by atoms with Crippen LogP contribution in [0.25, 0.3) is 10.9 Å². The van der Waals surface area contributed by atoms with Gasteiger partial charge in [-0.3, -0.25) is 9.78 Å². The lowest BCUT2D eigenvalue weighted by atomic mass is 9.90. The van der Waals surface area contributed by atoms with Crippen LogP contribution in [-0.4, -0.2) is 34.9 Å². The lowest BCUT2D eigenvalue weighted by Gasteiger charge is -2.28. The van der Waals surface area contributed by atoms with Crippen LogP contribution < -0.4 is 0 Å². The first-order valence-electron chi connectivity index (χ1n) is 10.6. The van der Waals surface area contributed by atoms with Crippen molar-refractivity contribution in [2.45, 2.75) is 38.6 Å². The van der Waals surface area contributed by atoms with Gasteiger partial charge in [0.2, 0.25) is 0 Å². The number of hydrogen-bond donors (Lipinski definition) is 0. The Morgan fingerprint density at radius 2 is 1.70 bits per heavy atom. The zero-order valence-corrected chi connectivity index (χ0v) is 16.9. The largest absolute Gasteiger partial charge is 0.452 e. The number of benzene rings is 2. The van der Waals surface area contributed by atoms with E-state index in [4.69, 9.17) is 9.72 Å². The molecule has 1 amide bonds. The maximum atomic E-state index is 13.1. The van der Waals surface area contributed by atoms with Crippen LogP contribution in [-0.2, 0) is 35.3 Å². The molecular weight excluding hydrogens is 376 g/mol. The van der Waals surface area contributed by atoms with Crippen LogP contribution in [0, 0.1) is 0 Å². The molecule has 3 aromatic rings. The third kappa shape index (κ3) is 3.45. The van der Waals surface area contributed by atoms with Crippen LogP contribution in [0.15, 0.2) is 48.5 Å². The van der Waals surface area contributed by atoms with E-state index in [-0.39, 0.29) is 12.5 Å². The maximum absolute atomic E-state index is 13.1. The van der Waals surface area contributed by atoms with Gasteiger partial charge in [-0.1, -0.05) is 42.5 Å². The van der Waals surface area contributed by atoms with Gasteiger partial charge in [0.15, 0.2) is 6.61 Å². The van der Waals surface area contributed by atoms with Gasteiger partial charge in [-0.2, -0.15) is 0 Å². The Hall–Kier alpha value is -3.21. The summed E-state index contributed by atoms with van der Waals surface area (Å²) >= 11 is 0. The molecule has 5 nitrogen and oxygen atoms in total. The van der Waals surface area contributed by atoms with Crippen LogP contribution in [0.1, 0.15) is 45.6 Å². The SMILES string of the molecule is O=C(OCC(=O)N1CCc2ccccc2C1)c1c2c(nc3ccccc13)CCCC2. The van der Waals surface area contributed by atoms with Crippen LogP contribution in [0.4, 0.5) is 0 Å². The minimum absolute atomic E-state index is 0.148. The summed E-state index contributed by atoms with van der Waals surface area (Å²) in [5.41, 5.74) is 5.83. The zero-order chi connectivity index (χ0) is 20.5. The van der Waals surface area contributed by atoms with Gasteiger partial charge >= 0.3 is 5.97 Å². The Morgan fingerprint density at radius 1 is 0.933 bits per heavy atom. The van der Waals surface area contributed by atoms with Crippen molar-refractivity contribution in [3.05, 3.63) is 76.5 Å². The molecule has 0 radical (unpaired) electrons. The van der Waals surface area contributed by atoms with Gasteiger partial charge in [-0.05, 0) is 54.9 Å².